The number of sulfonamides is 1. The minimum atomic E-state index is -3.79. The van der Waals surface area contributed by atoms with E-state index in [1.807, 2.05) is 0 Å². The second-order valence-electron chi connectivity index (χ2n) is 5.89. The highest BCUT2D eigenvalue weighted by Gasteiger charge is 2.38. The molecular formula is C13H22N2O4S. The van der Waals surface area contributed by atoms with Crippen molar-refractivity contribution in [3.63, 3.8) is 0 Å². The van der Waals surface area contributed by atoms with E-state index in [1.165, 1.54) is 0 Å². The lowest BCUT2D eigenvalue weighted by Crippen LogP contribution is -2.47. The number of nitrogens with zero attached hydrogens (tertiary/aromatic N) is 1. The number of nitriles is 1. The summed E-state index contributed by atoms with van der Waals surface area (Å²) in [5.74, 6) is -1.86. The van der Waals surface area contributed by atoms with Crippen molar-refractivity contribution in [1.29, 1.82) is 5.26 Å². The maximum absolute atomic E-state index is 12.2. The fourth-order valence-corrected chi connectivity index (χ4v) is 4.51. The van der Waals surface area contributed by atoms with E-state index < -0.39 is 27.4 Å². The lowest BCUT2D eigenvalue weighted by atomic mass is 9.77. The van der Waals surface area contributed by atoms with Gasteiger partial charge in [-0.1, -0.05) is 33.1 Å². The molecule has 6 nitrogen and oxygen atoms in total. The van der Waals surface area contributed by atoms with Crippen molar-refractivity contribution in [3.05, 3.63) is 0 Å². The Morgan fingerprint density at radius 2 is 1.90 bits per heavy atom. The third-order valence-corrected chi connectivity index (χ3v) is 5.30. The van der Waals surface area contributed by atoms with E-state index in [1.54, 1.807) is 13.8 Å². The van der Waals surface area contributed by atoms with E-state index >= 15 is 0 Å². The number of nitrogens with one attached hydrogen (secondary N) is 1. The van der Waals surface area contributed by atoms with Crippen LogP contribution in [0.2, 0.25) is 0 Å². The minimum absolute atomic E-state index is 0.312. The number of carbonyl (C=O) groups is 1. The summed E-state index contributed by atoms with van der Waals surface area (Å²) in [4.78, 5) is 11.1. The summed E-state index contributed by atoms with van der Waals surface area (Å²) in [7, 11) is -3.79. The number of aliphatic carboxylic acids is 1. The summed E-state index contributed by atoms with van der Waals surface area (Å²) in [6.07, 6.45) is 3.82. The zero-order valence-corrected chi connectivity index (χ0v) is 12.7. The molecule has 1 saturated carbocycles. The van der Waals surface area contributed by atoms with E-state index in [0.717, 1.165) is 19.3 Å². The molecule has 0 aliphatic heterocycles. The molecule has 1 atom stereocenters. The minimum Gasteiger partial charge on any atom is -0.480 e. The quantitative estimate of drug-likeness (QED) is 0.773. The largest absolute Gasteiger partial charge is 0.480 e. The van der Waals surface area contributed by atoms with Crippen LogP contribution in [0, 0.1) is 22.7 Å². The normalized spacial score (nSPS) is 20.3. The first kappa shape index (κ1) is 16.9. The summed E-state index contributed by atoms with van der Waals surface area (Å²) in [6, 6.07) is 0.985. The molecule has 0 saturated heterocycles. The van der Waals surface area contributed by atoms with Gasteiger partial charge in [-0.3, -0.25) is 4.79 Å². The molecule has 2 N–H and O–H groups in total. The van der Waals surface area contributed by atoms with Crippen LogP contribution in [-0.2, 0) is 14.8 Å². The third-order valence-electron chi connectivity index (χ3n) is 3.75. The Kier molecular flexibility index (Phi) is 5.54. The first-order valence-electron chi connectivity index (χ1n) is 6.85. The fraction of sp³-hybridized carbons (Fsp3) is 0.846. The summed E-state index contributed by atoms with van der Waals surface area (Å²) in [6.45, 7) is 3.28. The Bertz CT molecular complexity index is 487. The van der Waals surface area contributed by atoms with Crippen molar-refractivity contribution in [3.8, 4) is 6.07 Å². The molecule has 0 spiro atoms. The van der Waals surface area contributed by atoms with Crippen LogP contribution in [0.5, 0.6) is 0 Å². The first-order valence-corrected chi connectivity index (χ1v) is 8.51. The second kappa shape index (κ2) is 6.55. The molecule has 1 fully saturated rings. The first-order chi connectivity index (χ1) is 9.21. The molecule has 0 bridgehead atoms. The van der Waals surface area contributed by atoms with Crippen LogP contribution in [-0.4, -0.2) is 31.3 Å². The highest BCUT2D eigenvalue weighted by molar-refractivity contribution is 7.89. The van der Waals surface area contributed by atoms with Crippen LogP contribution in [0.25, 0.3) is 0 Å². The third kappa shape index (κ3) is 4.46. The van der Waals surface area contributed by atoms with E-state index in [9.17, 15) is 18.5 Å². The lowest BCUT2D eigenvalue weighted by molar-refractivity contribution is -0.140. The Hall–Kier alpha value is -1.13. The highest BCUT2D eigenvalue weighted by Crippen LogP contribution is 2.36. The Balaban J connectivity index is 2.83. The van der Waals surface area contributed by atoms with E-state index in [0.29, 0.717) is 12.8 Å². The average Bonchev–Trinajstić information content (AvgIpc) is 2.36. The van der Waals surface area contributed by atoms with Gasteiger partial charge in [-0.2, -0.15) is 5.26 Å². The molecule has 0 aromatic heterocycles. The predicted molar refractivity (Wildman–Crippen MR) is 74.3 cm³/mol. The highest BCUT2D eigenvalue weighted by atomic mass is 32.2. The van der Waals surface area contributed by atoms with Crippen molar-refractivity contribution < 1.29 is 18.3 Å². The van der Waals surface area contributed by atoms with Crippen molar-refractivity contribution >= 4 is 16.0 Å². The molecule has 0 heterocycles. The van der Waals surface area contributed by atoms with Crippen LogP contribution in [0.1, 0.15) is 46.0 Å². The molecule has 7 heteroatoms. The van der Waals surface area contributed by atoms with Gasteiger partial charge in [-0.05, 0) is 18.8 Å². The van der Waals surface area contributed by atoms with Gasteiger partial charge in [0.15, 0.2) is 0 Å². The van der Waals surface area contributed by atoms with Crippen LogP contribution in [0.4, 0.5) is 0 Å². The number of hydrogen-bond acceptors (Lipinski definition) is 4. The van der Waals surface area contributed by atoms with Crippen LogP contribution in [0.3, 0.4) is 0 Å². The smallest absolute Gasteiger partial charge is 0.321 e. The summed E-state index contributed by atoms with van der Waals surface area (Å²) in [5.41, 5.74) is -0.871. The van der Waals surface area contributed by atoms with E-state index in [2.05, 4.69) is 10.8 Å². The SMILES string of the molecule is CC(C)[C@@H](NS(=O)(=O)CC1(C#N)CCCCC1)C(=O)O. The molecular weight excluding hydrogens is 280 g/mol. The van der Waals surface area contributed by atoms with Gasteiger partial charge in [0.25, 0.3) is 0 Å². The molecule has 1 rings (SSSR count). The zero-order chi connectivity index (χ0) is 15.4. The van der Waals surface area contributed by atoms with Gasteiger partial charge in [-0.15, -0.1) is 0 Å². The van der Waals surface area contributed by atoms with Gasteiger partial charge in [0.1, 0.15) is 6.04 Å². The van der Waals surface area contributed by atoms with E-state index in [4.69, 9.17) is 5.11 Å². The van der Waals surface area contributed by atoms with Crippen LogP contribution < -0.4 is 4.72 Å². The second-order valence-corrected chi connectivity index (χ2v) is 7.64. The number of hydrogen-bond donors (Lipinski definition) is 2. The van der Waals surface area contributed by atoms with Gasteiger partial charge in [0.05, 0.1) is 17.2 Å². The van der Waals surface area contributed by atoms with Gasteiger partial charge >= 0.3 is 5.97 Å². The number of rotatable bonds is 6. The van der Waals surface area contributed by atoms with Crippen molar-refractivity contribution in [2.45, 2.75) is 52.0 Å². The molecule has 1 aliphatic carbocycles. The Morgan fingerprint density at radius 1 is 1.35 bits per heavy atom. The molecule has 0 unspecified atom stereocenters. The van der Waals surface area contributed by atoms with E-state index in [-0.39, 0.29) is 11.7 Å². The summed E-state index contributed by atoms with van der Waals surface area (Å²) < 4.78 is 26.5. The lowest BCUT2D eigenvalue weighted by Gasteiger charge is -2.31. The fourth-order valence-electron chi connectivity index (χ4n) is 2.59. The van der Waals surface area contributed by atoms with Crippen molar-refractivity contribution in [2.24, 2.45) is 11.3 Å². The van der Waals surface area contributed by atoms with Gasteiger partial charge in [0, 0.05) is 0 Å². The molecule has 114 valence electrons. The summed E-state index contributed by atoms with van der Waals surface area (Å²) in [5, 5.41) is 18.3. The Morgan fingerprint density at radius 3 is 2.30 bits per heavy atom. The van der Waals surface area contributed by atoms with Gasteiger partial charge in [0.2, 0.25) is 10.0 Å². The van der Waals surface area contributed by atoms with Crippen molar-refractivity contribution in [2.75, 3.05) is 5.75 Å². The molecule has 0 aromatic rings. The number of carboxylic acids is 1. The average molecular weight is 302 g/mol. The molecule has 20 heavy (non-hydrogen) atoms. The maximum atomic E-state index is 12.2. The molecule has 1 aliphatic rings. The molecule has 0 amide bonds. The Labute approximate surface area is 120 Å². The van der Waals surface area contributed by atoms with Gasteiger partial charge < -0.3 is 5.11 Å². The van der Waals surface area contributed by atoms with Crippen molar-refractivity contribution in [1.82, 2.24) is 4.72 Å². The monoisotopic (exact) mass is 302 g/mol. The van der Waals surface area contributed by atoms with Crippen LogP contribution in [0.15, 0.2) is 0 Å². The molecule has 0 aromatic carbocycles. The number of carboxylic acid groups (broad SMARTS) is 1. The topological polar surface area (TPSA) is 107 Å². The predicted octanol–water partition coefficient (Wildman–Crippen LogP) is 1.49. The van der Waals surface area contributed by atoms with Gasteiger partial charge in [-0.25, -0.2) is 13.1 Å². The zero-order valence-electron chi connectivity index (χ0n) is 11.9. The standard InChI is InChI=1S/C13H22N2O4S/c1-10(2)11(12(16)17)15-20(18,19)9-13(8-14)6-4-3-5-7-13/h10-11,15H,3-7,9H2,1-2H3,(H,16,17)/t11-/m1/s1. The maximum Gasteiger partial charge on any atom is 0.321 e. The molecule has 0 radical (unpaired) electrons. The van der Waals surface area contributed by atoms with Crippen LogP contribution >= 0.6 is 0 Å². The summed E-state index contributed by atoms with van der Waals surface area (Å²) >= 11 is 0.